The maximum atomic E-state index is 12.1. The molecule has 0 saturated carbocycles. The number of carbonyl (C=O) groups is 2. The Morgan fingerprint density at radius 3 is 2.56 bits per heavy atom. The molecule has 0 unspecified atom stereocenters. The van der Waals surface area contributed by atoms with E-state index in [9.17, 15) is 19.7 Å². The molecule has 0 saturated heterocycles. The third-order valence-electron chi connectivity index (χ3n) is 3.22. The lowest BCUT2D eigenvalue weighted by Crippen LogP contribution is -2.14. The smallest absolute Gasteiger partial charge is 0.269 e. The van der Waals surface area contributed by atoms with Crippen molar-refractivity contribution in [3.63, 3.8) is 0 Å². The fourth-order valence-corrected chi connectivity index (χ4v) is 2.86. The minimum atomic E-state index is -0.476. The van der Waals surface area contributed by atoms with Gasteiger partial charge in [0, 0.05) is 35.3 Å². The third kappa shape index (κ3) is 5.61. The molecule has 2 aromatic rings. The molecular weight excluding hydrogens is 342 g/mol. The number of aryl methyl sites for hydroxylation is 1. The van der Waals surface area contributed by atoms with Crippen LogP contribution >= 0.6 is 11.8 Å². The van der Waals surface area contributed by atoms with Gasteiger partial charge in [-0.3, -0.25) is 19.7 Å². The fraction of sp³-hybridized carbons (Fsp3) is 0.176. The first-order chi connectivity index (χ1) is 11.8. The molecule has 0 bridgehead atoms. The lowest BCUT2D eigenvalue weighted by atomic mass is 10.2. The van der Waals surface area contributed by atoms with Crippen molar-refractivity contribution < 1.29 is 14.5 Å². The van der Waals surface area contributed by atoms with Gasteiger partial charge in [0.25, 0.3) is 5.69 Å². The molecule has 2 aromatic carbocycles. The first-order valence-corrected chi connectivity index (χ1v) is 8.39. The van der Waals surface area contributed by atoms with Gasteiger partial charge in [-0.15, -0.1) is 11.8 Å². The van der Waals surface area contributed by atoms with Crippen LogP contribution in [0.15, 0.2) is 47.4 Å². The Morgan fingerprint density at radius 1 is 1.16 bits per heavy atom. The lowest BCUT2D eigenvalue weighted by Gasteiger charge is -2.09. The van der Waals surface area contributed by atoms with E-state index in [2.05, 4.69) is 10.6 Å². The number of rotatable bonds is 6. The second kappa shape index (κ2) is 8.29. The van der Waals surface area contributed by atoms with Crippen LogP contribution in [0.3, 0.4) is 0 Å². The van der Waals surface area contributed by atoms with Gasteiger partial charge in [0.05, 0.1) is 10.7 Å². The molecule has 2 rings (SSSR count). The van der Waals surface area contributed by atoms with Crippen molar-refractivity contribution >= 4 is 40.6 Å². The van der Waals surface area contributed by atoms with Crippen LogP contribution in [0.4, 0.5) is 17.1 Å². The number of benzene rings is 2. The summed E-state index contributed by atoms with van der Waals surface area (Å²) in [6.45, 7) is 3.13. The number of nitrogens with zero attached hydrogens (tertiary/aromatic N) is 1. The molecule has 7 nitrogen and oxygen atoms in total. The second-order valence-corrected chi connectivity index (χ2v) is 6.35. The molecule has 0 aliphatic carbocycles. The molecule has 0 aromatic heterocycles. The van der Waals surface area contributed by atoms with Gasteiger partial charge in [0.1, 0.15) is 0 Å². The molecule has 0 aliphatic rings. The van der Waals surface area contributed by atoms with Crippen molar-refractivity contribution in [3.05, 3.63) is 58.1 Å². The van der Waals surface area contributed by atoms with Crippen LogP contribution in [0.25, 0.3) is 0 Å². The van der Waals surface area contributed by atoms with Gasteiger partial charge in [-0.1, -0.05) is 6.07 Å². The highest BCUT2D eigenvalue weighted by atomic mass is 32.2. The minimum Gasteiger partial charge on any atom is -0.326 e. The summed E-state index contributed by atoms with van der Waals surface area (Å²) in [4.78, 5) is 34.3. The molecule has 8 heteroatoms. The second-order valence-electron chi connectivity index (χ2n) is 5.30. The summed E-state index contributed by atoms with van der Waals surface area (Å²) in [5.74, 6) is -0.194. The Kier molecular flexibility index (Phi) is 6.13. The van der Waals surface area contributed by atoms with E-state index < -0.39 is 4.92 Å². The van der Waals surface area contributed by atoms with E-state index in [0.717, 1.165) is 4.90 Å². The quantitative estimate of drug-likeness (QED) is 0.466. The van der Waals surface area contributed by atoms with Crippen molar-refractivity contribution in [3.8, 4) is 0 Å². The Bertz CT molecular complexity index is 823. The number of non-ortho nitro benzene ring substituents is 1. The number of nitro groups is 1. The molecule has 2 N–H and O–H groups in total. The summed E-state index contributed by atoms with van der Waals surface area (Å²) in [7, 11) is 0. The summed E-state index contributed by atoms with van der Waals surface area (Å²) in [5.41, 5.74) is 1.83. The van der Waals surface area contributed by atoms with E-state index in [1.54, 1.807) is 25.1 Å². The maximum Gasteiger partial charge on any atom is 0.269 e. The summed E-state index contributed by atoms with van der Waals surface area (Å²) in [5, 5.41) is 16.2. The molecule has 0 fully saturated rings. The highest BCUT2D eigenvalue weighted by Crippen LogP contribution is 2.24. The van der Waals surface area contributed by atoms with Gasteiger partial charge < -0.3 is 10.6 Å². The van der Waals surface area contributed by atoms with Crippen molar-refractivity contribution in [1.82, 2.24) is 0 Å². The van der Waals surface area contributed by atoms with Crippen LogP contribution in [0.2, 0.25) is 0 Å². The molecule has 0 spiro atoms. The zero-order valence-corrected chi connectivity index (χ0v) is 14.6. The first kappa shape index (κ1) is 18.5. The lowest BCUT2D eigenvalue weighted by molar-refractivity contribution is -0.384. The normalized spacial score (nSPS) is 10.2. The average Bonchev–Trinajstić information content (AvgIpc) is 2.54. The number of anilines is 2. The van der Waals surface area contributed by atoms with Crippen molar-refractivity contribution in [2.75, 3.05) is 16.4 Å². The van der Waals surface area contributed by atoms with E-state index in [-0.39, 0.29) is 23.3 Å². The highest BCUT2D eigenvalue weighted by molar-refractivity contribution is 8.00. The molecule has 0 aliphatic heterocycles. The van der Waals surface area contributed by atoms with Crippen molar-refractivity contribution in [1.29, 1.82) is 0 Å². The number of carbonyl (C=O) groups excluding carboxylic acids is 2. The van der Waals surface area contributed by atoms with Crippen LogP contribution in [-0.4, -0.2) is 22.5 Å². The summed E-state index contributed by atoms with van der Waals surface area (Å²) >= 11 is 1.33. The largest absolute Gasteiger partial charge is 0.326 e. The Balaban J connectivity index is 1.95. The zero-order valence-electron chi connectivity index (χ0n) is 13.7. The fourth-order valence-electron chi connectivity index (χ4n) is 2.10. The average molecular weight is 359 g/mol. The van der Waals surface area contributed by atoms with Gasteiger partial charge >= 0.3 is 0 Å². The number of amides is 2. The minimum absolute atomic E-state index is 0.0142. The van der Waals surface area contributed by atoms with Gasteiger partial charge in [0.2, 0.25) is 11.8 Å². The van der Waals surface area contributed by atoms with E-state index in [1.165, 1.54) is 36.9 Å². The zero-order chi connectivity index (χ0) is 18.4. The topological polar surface area (TPSA) is 101 Å². The van der Waals surface area contributed by atoms with Gasteiger partial charge in [-0.05, 0) is 36.8 Å². The Hall–Kier alpha value is -2.87. The Labute approximate surface area is 149 Å². The summed E-state index contributed by atoms with van der Waals surface area (Å²) in [6, 6.07) is 11.5. The maximum absolute atomic E-state index is 12.1. The summed E-state index contributed by atoms with van der Waals surface area (Å²) in [6.07, 6.45) is 0. The van der Waals surface area contributed by atoms with Gasteiger partial charge in [-0.25, -0.2) is 0 Å². The molecule has 0 heterocycles. The Morgan fingerprint density at radius 2 is 1.92 bits per heavy atom. The molecular formula is C17H17N3O4S. The first-order valence-electron chi connectivity index (χ1n) is 7.40. The third-order valence-corrected chi connectivity index (χ3v) is 4.21. The molecule has 130 valence electrons. The van der Waals surface area contributed by atoms with Crippen LogP contribution in [0.5, 0.6) is 0 Å². The summed E-state index contributed by atoms with van der Waals surface area (Å²) < 4.78 is 0. The van der Waals surface area contributed by atoms with Crippen LogP contribution in [0, 0.1) is 17.0 Å². The number of nitrogens with one attached hydrogen (secondary N) is 2. The van der Waals surface area contributed by atoms with Crippen LogP contribution in [-0.2, 0) is 9.59 Å². The monoisotopic (exact) mass is 359 g/mol. The predicted molar refractivity (Wildman–Crippen MR) is 97.9 cm³/mol. The number of hydrogen-bond acceptors (Lipinski definition) is 5. The van der Waals surface area contributed by atoms with E-state index in [1.807, 2.05) is 6.07 Å². The number of thioether (sulfide) groups is 1. The molecule has 0 atom stereocenters. The predicted octanol–water partition coefficient (Wildman–Crippen LogP) is 3.59. The van der Waals surface area contributed by atoms with E-state index in [0.29, 0.717) is 16.9 Å². The molecule has 2 amide bonds. The number of hydrogen-bond donors (Lipinski definition) is 2. The van der Waals surface area contributed by atoms with Crippen molar-refractivity contribution in [2.24, 2.45) is 0 Å². The van der Waals surface area contributed by atoms with E-state index >= 15 is 0 Å². The van der Waals surface area contributed by atoms with E-state index in [4.69, 9.17) is 0 Å². The number of nitro benzene ring substituents is 1. The van der Waals surface area contributed by atoms with Gasteiger partial charge in [-0.2, -0.15) is 0 Å². The molecule has 0 radical (unpaired) electrons. The van der Waals surface area contributed by atoms with Gasteiger partial charge in [0.15, 0.2) is 0 Å². The molecule has 25 heavy (non-hydrogen) atoms. The standard InChI is InChI=1S/C17H17N3O4S/c1-11-8-14(20(23)24)6-7-16(11)19-17(22)10-25-15-5-3-4-13(9-15)18-12(2)21/h3-9H,10H2,1-2H3,(H,18,21)(H,19,22). The van der Waals surface area contributed by atoms with Crippen molar-refractivity contribution in [2.45, 2.75) is 18.7 Å². The highest BCUT2D eigenvalue weighted by Gasteiger charge is 2.10. The van der Waals surface area contributed by atoms with Crippen LogP contribution in [0.1, 0.15) is 12.5 Å². The SMILES string of the molecule is CC(=O)Nc1cccc(SCC(=O)Nc2ccc([N+](=O)[O-])cc2C)c1. The van der Waals surface area contributed by atoms with Crippen LogP contribution < -0.4 is 10.6 Å².